The largest absolute Gasteiger partial charge is 0.445 e. The van der Waals surface area contributed by atoms with Crippen LogP contribution in [0.15, 0.2) is 18.5 Å². The molecule has 1 saturated heterocycles. The van der Waals surface area contributed by atoms with Gasteiger partial charge < -0.3 is 4.90 Å². The highest BCUT2D eigenvalue weighted by Gasteiger charge is 2.36. The predicted octanol–water partition coefficient (Wildman–Crippen LogP) is 2.93. The minimum absolute atomic E-state index is 0.318. The molecule has 1 aliphatic heterocycles. The van der Waals surface area contributed by atoms with Crippen LogP contribution in [0.3, 0.4) is 0 Å². The van der Waals surface area contributed by atoms with Crippen molar-refractivity contribution in [2.75, 3.05) is 31.1 Å². The van der Waals surface area contributed by atoms with Crippen LogP contribution >= 0.6 is 22.9 Å². The molecule has 0 spiro atoms. The van der Waals surface area contributed by atoms with Gasteiger partial charge in [0, 0.05) is 45.1 Å². The second-order valence-electron chi connectivity index (χ2n) is 5.12. The summed E-state index contributed by atoms with van der Waals surface area (Å²) in [5.41, 5.74) is 0.991. The van der Waals surface area contributed by atoms with Crippen molar-refractivity contribution in [1.29, 1.82) is 0 Å². The summed E-state index contributed by atoms with van der Waals surface area (Å²) in [7, 11) is 0. The molecule has 2 aromatic rings. The summed E-state index contributed by atoms with van der Waals surface area (Å²) in [5, 5.41) is 6.91. The summed E-state index contributed by atoms with van der Waals surface area (Å²) < 4.78 is 37.7. The number of pyridine rings is 1. The highest BCUT2D eigenvalue weighted by molar-refractivity contribution is 7.15. The molecule has 0 bridgehead atoms. The molecule has 3 heterocycles. The lowest BCUT2D eigenvalue weighted by molar-refractivity contribution is -0.138. The molecule has 0 atom stereocenters. The van der Waals surface area contributed by atoms with Gasteiger partial charge in [0.15, 0.2) is 0 Å². The molecule has 2 aromatic heterocycles. The third-order valence-electron chi connectivity index (χ3n) is 3.55. The molecular weight excluding hydrogens is 351 g/mol. The highest BCUT2D eigenvalue weighted by atomic mass is 35.5. The van der Waals surface area contributed by atoms with Gasteiger partial charge in [-0.15, -0.1) is 10.2 Å². The van der Waals surface area contributed by atoms with Gasteiger partial charge in [-0.25, -0.2) is 0 Å². The number of piperazine rings is 1. The molecule has 0 aromatic carbocycles. The standard InChI is InChI=1S/C13H13ClF3N5S/c14-10-7-18-2-1-9(10)8-21-3-5-22(6-4-21)12-20-19-11(23-12)13(15,16)17/h1-2,7H,3-6,8H2. The van der Waals surface area contributed by atoms with E-state index in [1.165, 1.54) is 0 Å². The Morgan fingerprint density at radius 2 is 1.91 bits per heavy atom. The molecule has 0 radical (unpaired) electrons. The number of alkyl halides is 3. The molecule has 0 saturated carbocycles. The lowest BCUT2D eigenvalue weighted by Gasteiger charge is -2.34. The van der Waals surface area contributed by atoms with Crippen LogP contribution in [0.2, 0.25) is 5.02 Å². The molecular formula is C13H13ClF3N5S. The summed E-state index contributed by atoms with van der Waals surface area (Å²) in [6.45, 7) is 3.35. The van der Waals surface area contributed by atoms with Crippen molar-refractivity contribution in [2.24, 2.45) is 0 Å². The molecule has 1 fully saturated rings. The predicted molar refractivity (Wildman–Crippen MR) is 81.6 cm³/mol. The van der Waals surface area contributed by atoms with E-state index in [9.17, 15) is 13.2 Å². The Bertz CT molecular complexity index is 670. The van der Waals surface area contributed by atoms with Gasteiger partial charge in [0.1, 0.15) is 0 Å². The van der Waals surface area contributed by atoms with Gasteiger partial charge in [-0.3, -0.25) is 9.88 Å². The van der Waals surface area contributed by atoms with Crippen LogP contribution in [0.1, 0.15) is 10.6 Å². The topological polar surface area (TPSA) is 45.2 Å². The fourth-order valence-corrected chi connectivity index (χ4v) is 3.27. The first kappa shape index (κ1) is 16.4. The average molecular weight is 364 g/mol. The summed E-state index contributed by atoms with van der Waals surface area (Å²) in [6, 6.07) is 1.87. The van der Waals surface area contributed by atoms with E-state index in [2.05, 4.69) is 20.1 Å². The van der Waals surface area contributed by atoms with Crippen LogP contribution in [-0.2, 0) is 12.7 Å². The van der Waals surface area contributed by atoms with Crippen molar-refractivity contribution in [3.63, 3.8) is 0 Å². The van der Waals surface area contributed by atoms with Crippen LogP contribution in [-0.4, -0.2) is 46.3 Å². The summed E-state index contributed by atoms with van der Waals surface area (Å²) in [5.74, 6) is 0. The molecule has 0 N–H and O–H groups in total. The third-order valence-corrected chi connectivity index (χ3v) is 4.92. The SMILES string of the molecule is FC(F)(F)c1nnc(N2CCN(Cc3ccncc3Cl)CC2)s1. The maximum atomic E-state index is 12.6. The van der Waals surface area contributed by atoms with E-state index in [0.29, 0.717) is 41.1 Å². The number of hydrogen-bond acceptors (Lipinski definition) is 6. The van der Waals surface area contributed by atoms with Crippen molar-refractivity contribution in [1.82, 2.24) is 20.1 Å². The first-order valence-corrected chi connectivity index (χ1v) is 8.09. The molecule has 23 heavy (non-hydrogen) atoms. The Hall–Kier alpha value is -1.45. The normalized spacial score (nSPS) is 16.8. The van der Waals surface area contributed by atoms with E-state index in [-0.39, 0.29) is 0 Å². The number of nitrogens with zero attached hydrogens (tertiary/aromatic N) is 5. The van der Waals surface area contributed by atoms with E-state index in [1.54, 1.807) is 12.4 Å². The number of halogens is 4. The van der Waals surface area contributed by atoms with Gasteiger partial charge in [0.05, 0.1) is 5.02 Å². The van der Waals surface area contributed by atoms with Crippen LogP contribution in [0, 0.1) is 0 Å². The zero-order valence-electron chi connectivity index (χ0n) is 11.9. The number of rotatable bonds is 3. The lowest BCUT2D eigenvalue weighted by Crippen LogP contribution is -2.46. The minimum Gasteiger partial charge on any atom is -0.344 e. The lowest BCUT2D eigenvalue weighted by atomic mass is 10.2. The van der Waals surface area contributed by atoms with Gasteiger partial charge in [0.2, 0.25) is 10.1 Å². The van der Waals surface area contributed by atoms with Crippen LogP contribution < -0.4 is 4.90 Å². The second kappa shape index (κ2) is 6.58. The second-order valence-corrected chi connectivity index (χ2v) is 6.48. The summed E-state index contributed by atoms with van der Waals surface area (Å²) in [4.78, 5) is 7.98. The number of hydrogen-bond donors (Lipinski definition) is 0. The first-order valence-electron chi connectivity index (χ1n) is 6.90. The van der Waals surface area contributed by atoms with Crippen molar-refractivity contribution in [3.05, 3.63) is 34.1 Å². The van der Waals surface area contributed by atoms with E-state index >= 15 is 0 Å². The average Bonchev–Trinajstić information content (AvgIpc) is 3.00. The third kappa shape index (κ3) is 3.91. The first-order chi connectivity index (χ1) is 10.9. The fourth-order valence-electron chi connectivity index (χ4n) is 2.33. The smallest absolute Gasteiger partial charge is 0.344 e. The number of aromatic nitrogens is 3. The van der Waals surface area contributed by atoms with E-state index in [1.807, 2.05) is 11.0 Å². The summed E-state index contributed by atoms with van der Waals surface area (Å²) in [6.07, 6.45) is -1.14. The molecule has 3 rings (SSSR count). The van der Waals surface area contributed by atoms with Gasteiger partial charge in [0.25, 0.3) is 0 Å². The van der Waals surface area contributed by atoms with E-state index < -0.39 is 11.2 Å². The maximum Gasteiger partial charge on any atom is 0.445 e. The molecule has 0 unspecified atom stereocenters. The van der Waals surface area contributed by atoms with Crippen LogP contribution in [0.5, 0.6) is 0 Å². The fraction of sp³-hybridized carbons (Fsp3) is 0.462. The quantitative estimate of drug-likeness (QED) is 0.839. The van der Waals surface area contributed by atoms with Crippen LogP contribution in [0.4, 0.5) is 18.3 Å². The Balaban J connectivity index is 1.58. The van der Waals surface area contributed by atoms with Crippen molar-refractivity contribution < 1.29 is 13.2 Å². The van der Waals surface area contributed by atoms with E-state index in [0.717, 1.165) is 18.7 Å². The molecule has 0 amide bonds. The minimum atomic E-state index is -4.43. The maximum absolute atomic E-state index is 12.6. The zero-order chi connectivity index (χ0) is 16.4. The van der Waals surface area contributed by atoms with Crippen molar-refractivity contribution in [2.45, 2.75) is 12.7 Å². The monoisotopic (exact) mass is 363 g/mol. The summed E-state index contributed by atoms with van der Waals surface area (Å²) >= 11 is 6.68. The van der Waals surface area contributed by atoms with Crippen LogP contribution in [0.25, 0.3) is 0 Å². The Morgan fingerprint density at radius 3 is 2.52 bits per heavy atom. The molecule has 5 nitrogen and oxygen atoms in total. The van der Waals surface area contributed by atoms with Gasteiger partial charge in [-0.05, 0) is 11.6 Å². The molecule has 124 valence electrons. The Labute approximate surface area is 139 Å². The Morgan fingerprint density at radius 1 is 1.17 bits per heavy atom. The highest BCUT2D eigenvalue weighted by Crippen LogP contribution is 2.34. The van der Waals surface area contributed by atoms with Crippen molar-refractivity contribution >= 4 is 28.1 Å². The molecule has 0 aliphatic carbocycles. The van der Waals surface area contributed by atoms with Crippen molar-refractivity contribution in [3.8, 4) is 0 Å². The Kier molecular flexibility index (Phi) is 4.69. The molecule has 10 heteroatoms. The zero-order valence-corrected chi connectivity index (χ0v) is 13.5. The van der Waals surface area contributed by atoms with Gasteiger partial charge in [-0.2, -0.15) is 13.2 Å². The van der Waals surface area contributed by atoms with E-state index in [4.69, 9.17) is 11.6 Å². The van der Waals surface area contributed by atoms with Gasteiger partial charge in [-0.1, -0.05) is 22.9 Å². The molecule has 1 aliphatic rings. The van der Waals surface area contributed by atoms with Gasteiger partial charge >= 0.3 is 6.18 Å². The number of anilines is 1.